The number of fused-ring (bicyclic) bond motifs is 1. The molecule has 0 radical (unpaired) electrons. The molecule has 0 saturated carbocycles. The van der Waals surface area contributed by atoms with Crippen LogP contribution in [0.4, 0.5) is 0 Å². The summed E-state index contributed by atoms with van der Waals surface area (Å²) in [5.74, 6) is 1.57. The largest absolute Gasteiger partial charge is 0.494 e. The predicted octanol–water partition coefficient (Wildman–Crippen LogP) is 4.13. The molecule has 7 heteroatoms. The third kappa shape index (κ3) is 5.36. The molecule has 1 N–H and O–H groups in total. The van der Waals surface area contributed by atoms with Crippen LogP contribution in [0.15, 0.2) is 91.3 Å². The van der Waals surface area contributed by atoms with Crippen molar-refractivity contribution in [2.45, 2.75) is 19.2 Å². The van der Waals surface area contributed by atoms with Gasteiger partial charge in [0.15, 0.2) is 0 Å². The minimum atomic E-state index is -0.147. The second-order valence-electron chi connectivity index (χ2n) is 8.54. The maximum absolute atomic E-state index is 12.9. The molecule has 2 heterocycles. The van der Waals surface area contributed by atoms with Gasteiger partial charge in [-0.15, -0.1) is 0 Å². The van der Waals surface area contributed by atoms with Gasteiger partial charge in [-0.25, -0.2) is 4.68 Å². The summed E-state index contributed by atoms with van der Waals surface area (Å²) in [5.41, 5.74) is 3.94. The van der Waals surface area contributed by atoms with Crippen LogP contribution in [0, 0.1) is 0 Å². The van der Waals surface area contributed by atoms with E-state index < -0.39 is 0 Å². The molecular weight excluding hydrogens is 440 g/mol. The molecule has 1 atom stereocenters. The Balaban J connectivity index is 1.24. The molecule has 0 bridgehead atoms. The van der Waals surface area contributed by atoms with Crippen LogP contribution in [0.25, 0.3) is 5.69 Å². The number of carbonyl (C=O) groups excluding carboxylic acids is 1. The van der Waals surface area contributed by atoms with Gasteiger partial charge in [0.25, 0.3) is 0 Å². The predicted molar refractivity (Wildman–Crippen MR) is 133 cm³/mol. The van der Waals surface area contributed by atoms with Crippen LogP contribution in [0.1, 0.15) is 22.8 Å². The molecule has 7 nitrogen and oxygen atoms in total. The lowest BCUT2D eigenvalue weighted by Crippen LogP contribution is -2.38. The number of nitrogens with one attached hydrogen (secondary N) is 1. The zero-order valence-corrected chi connectivity index (χ0v) is 19.6. The number of carbonyl (C=O) groups is 1. The topological polar surface area (TPSA) is 68.6 Å². The number of methoxy groups -OCH3 is 1. The molecule has 178 valence electrons. The summed E-state index contributed by atoms with van der Waals surface area (Å²) in [7, 11) is 1.64. The quantitative estimate of drug-likeness (QED) is 0.442. The fourth-order valence-corrected chi connectivity index (χ4v) is 4.30. The summed E-state index contributed by atoms with van der Waals surface area (Å²) in [6.07, 6.45) is 3.51. The zero-order chi connectivity index (χ0) is 24.0. The summed E-state index contributed by atoms with van der Waals surface area (Å²) in [6, 6.07) is 25.9. The van der Waals surface area contributed by atoms with Crippen molar-refractivity contribution in [3.8, 4) is 17.2 Å². The van der Waals surface area contributed by atoms with E-state index in [0.29, 0.717) is 19.6 Å². The van der Waals surface area contributed by atoms with E-state index in [9.17, 15) is 4.79 Å². The van der Waals surface area contributed by atoms with Crippen molar-refractivity contribution in [2.75, 3.05) is 20.2 Å². The average Bonchev–Trinajstić information content (AvgIpc) is 3.29. The molecule has 0 fully saturated rings. The van der Waals surface area contributed by atoms with E-state index in [2.05, 4.69) is 33.5 Å². The van der Waals surface area contributed by atoms with Crippen molar-refractivity contribution >= 4 is 5.91 Å². The maximum Gasteiger partial charge on any atom is 0.234 e. The smallest absolute Gasteiger partial charge is 0.234 e. The Labute approximate surface area is 204 Å². The SMILES string of the molecule is COc1ccccc1-n1cc(CNC(=O)CN2Cc3ccccc3OC(c3ccccc3)C2)cn1. The normalized spacial score (nSPS) is 15.5. The summed E-state index contributed by atoms with van der Waals surface area (Å²) in [6.45, 7) is 1.95. The van der Waals surface area contributed by atoms with E-state index in [1.54, 1.807) is 18.0 Å². The molecule has 4 aromatic rings. The third-order valence-corrected chi connectivity index (χ3v) is 6.06. The summed E-state index contributed by atoms with van der Waals surface area (Å²) in [4.78, 5) is 15.0. The van der Waals surface area contributed by atoms with Gasteiger partial charge in [-0.05, 0) is 23.8 Å². The molecule has 5 rings (SSSR count). The number of aromatic nitrogens is 2. The van der Waals surface area contributed by atoms with Gasteiger partial charge in [-0.1, -0.05) is 60.7 Å². The molecule has 35 heavy (non-hydrogen) atoms. The minimum Gasteiger partial charge on any atom is -0.494 e. The molecule has 1 unspecified atom stereocenters. The number of amides is 1. The van der Waals surface area contributed by atoms with Crippen LogP contribution in [0.2, 0.25) is 0 Å². The molecule has 0 aliphatic carbocycles. The Bertz CT molecular complexity index is 1290. The van der Waals surface area contributed by atoms with Crippen LogP contribution in [-0.4, -0.2) is 40.8 Å². The highest BCUT2D eigenvalue weighted by molar-refractivity contribution is 5.78. The monoisotopic (exact) mass is 468 g/mol. The second kappa shape index (κ2) is 10.4. The highest BCUT2D eigenvalue weighted by Crippen LogP contribution is 2.31. The van der Waals surface area contributed by atoms with E-state index in [4.69, 9.17) is 9.47 Å². The Morgan fingerprint density at radius 2 is 1.83 bits per heavy atom. The number of ether oxygens (including phenoxy) is 2. The fraction of sp³-hybridized carbons (Fsp3) is 0.214. The zero-order valence-electron chi connectivity index (χ0n) is 19.6. The standard InChI is InChI=1S/C28H28N4O3/c1-34-26-14-8-6-12-24(26)32-17-21(16-30-32)15-29-28(33)20-31-18-23-11-5-7-13-25(23)35-27(19-31)22-9-3-2-4-10-22/h2-14,16-17,27H,15,18-20H2,1H3,(H,29,33). The second-order valence-corrected chi connectivity index (χ2v) is 8.54. The van der Waals surface area contributed by atoms with Crippen LogP contribution in [0.3, 0.4) is 0 Å². The molecule has 0 saturated heterocycles. The molecule has 0 spiro atoms. The number of hydrogen-bond acceptors (Lipinski definition) is 5. The molecule has 1 aromatic heterocycles. The van der Waals surface area contributed by atoms with Gasteiger partial charge in [0.1, 0.15) is 23.3 Å². The van der Waals surface area contributed by atoms with Crippen LogP contribution in [-0.2, 0) is 17.9 Å². The highest BCUT2D eigenvalue weighted by atomic mass is 16.5. The summed E-state index contributed by atoms with van der Waals surface area (Å²) >= 11 is 0. The van der Waals surface area contributed by atoms with E-state index in [1.807, 2.05) is 66.9 Å². The Morgan fingerprint density at radius 1 is 1.06 bits per heavy atom. The molecule has 1 aliphatic rings. The lowest BCUT2D eigenvalue weighted by atomic mass is 10.1. The van der Waals surface area contributed by atoms with E-state index in [0.717, 1.165) is 33.9 Å². The van der Waals surface area contributed by atoms with Crippen molar-refractivity contribution in [3.05, 3.63) is 108 Å². The molecule has 1 amide bonds. The first-order valence-corrected chi connectivity index (χ1v) is 11.6. The van der Waals surface area contributed by atoms with Gasteiger partial charge in [-0.3, -0.25) is 9.69 Å². The Hall–Kier alpha value is -4.10. The molecule has 1 aliphatic heterocycles. The van der Waals surface area contributed by atoms with Crippen molar-refractivity contribution in [2.24, 2.45) is 0 Å². The Morgan fingerprint density at radius 3 is 2.69 bits per heavy atom. The van der Waals surface area contributed by atoms with Crippen molar-refractivity contribution in [1.82, 2.24) is 20.0 Å². The summed E-state index contributed by atoms with van der Waals surface area (Å²) in [5, 5.41) is 7.46. The number of rotatable bonds is 7. The maximum atomic E-state index is 12.9. The van der Waals surface area contributed by atoms with Crippen LogP contribution >= 0.6 is 0 Å². The first-order chi connectivity index (χ1) is 17.2. The van der Waals surface area contributed by atoms with Gasteiger partial charge in [0, 0.05) is 37.0 Å². The third-order valence-electron chi connectivity index (χ3n) is 6.06. The van der Waals surface area contributed by atoms with E-state index in [1.165, 1.54) is 0 Å². The van der Waals surface area contributed by atoms with E-state index in [-0.39, 0.29) is 18.6 Å². The van der Waals surface area contributed by atoms with Gasteiger partial charge < -0.3 is 14.8 Å². The van der Waals surface area contributed by atoms with Crippen molar-refractivity contribution < 1.29 is 14.3 Å². The summed E-state index contributed by atoms with van der Waals surface area (Å²) < 4.78 is 13.5. The molecule has 3 aromatic carbocycles. The van der Waals surface area contributed by atoms with Gasteiger partial charge in [0.05, 0.1) is 19.9 Å². The lowest BCUT2D eigenvalue weighted by molar-refractivity contribution is -0.122. The van der Waals surface area contributed by atoms with Crippen LogP contribution < -0.4 is 14.8 Å². The first-order valence-electron chi connectivity index (χ1n) is 11.6. The van der Waals surface area contributed by atoms with Gasteiger partial charge in [0.2, 0.25) is 5.91 Å². The average molecular weight is 469 g/mol. The van der Waals surface area contributed by atoms with Crippen molar-refractivity contribution in [3.63, 3.8) is 0 Å². The van der Waals surface area contributed by atoms with Crippen molar-refractivity contribution in [1.29, 1.82) is 0 Å². The lowest BCUT2D eigenvalue weighted by Gasteiger charge is -2.23. The number of para-hydroxylation sites is 3. The van der Waals surface area contributed by atoms with Gasteiger partial charge >= 0.3 is 0 Å². The van der Waals surface area contributed by atoms with E-state index >= 15 is 0 Å². The van der Waals surface area contributed by atoms with Crippen LogP contribution in [0.5, 0.6) is 11.5 Å². The minimum absolute atomic E-state index is 0.0405. The fourth-order valence-electron chi connectivity index (χ4n) is 4.30. The molecular formula is C28H28N4O3. The number of benzene rings is 3. The number of nitrogens with zero attached hydrogens (tertiary/aromatic N) is 3. The first kappa shape index (κ1) is 22.7. The highest BCUT2D eigenvalue weighted by Gasteiger charge is 2.25. The van der Waals surface area contributed by atoms with Gasteiger partial charge in [-0.2, -0.15) is 5.10 Å². The Kier molecular flexibility index (Phi) is 6.77. The number of hydrogen-bond donors (Lipinski definition) is 1.